The first-order chi connectivity index (χ1) is 11.2. The highest BCUT2D eigenvalue weighted by atomic mass is 32.1. The first-order valence-corrected chi connectivity index (χ1v) is 8.16. The summed E-state index contributed by atoms with van der Waals surface area (Å²) in [4.78, 5) is 20.2. The van der Waals surface area contributed by atoms with Crippen molar-refractivity contribution in [1.82, 2.24) is 4.98 Å². The highest BCUT2D eigenvalue weighted by Gasteiger charge is 2.27. The second kappa shape index (κ2) is 6.71. The van der Waals surface area contributed by atoms with Gasteiger partial charge in [-0.05, 0) is 37.1 Å². The molecule has 6 heteroatoms. The maximum absolute atomic E-state index is 11.4. The van der Waals surface area contributed by atoms with Crippen molar-refractivity contribution in [2.24, 2.45) is 4.99 Å². The number of methoxy groups -OCH3 is 1. The molecule has 2 aromatic rings. The smallest absolute Gasteiger partial charge is 0.337 e. The Labute approximate surface area is 138 Å². The fraction of sp³-hybridized carbons (Fsp3) is 0.294. The monoisotopic (exact) mass is 325 g/mol. The van der Waals surface area contributed by atoms with Gasteiger partial charge in [-0.1, -0.05) is 0 Å². The molecule has 1 unspecified atom stereocenters. The van der Waals surface area contributed by atoms with Gasteiger partial charge in [-0.25, -0.2) is 9.78 Å². The summed E-state index contributed by atoms with van der Waals surface area (Å²) in [6.45, 7) is 0. The average Bonchev–Trinajstić information content (AvgIpc) is 3.33. The number of thiazole rings is 1. The molecule has 3 rings (SSSR count). The van der Waals surface area contributed by atoms with E-state index in [9.17, 15) is 10.1 Å². The molecular weight excluding hydrogens is 310 g/mol. The molecular formula is C17H15N3O2S. The Morgan fingerprint density at radius 1 is 1.48 bits per heavy atom. The predicted molar refractivity (Wildman–Crippen MR) is 88.4 cm³/mol. The molecule has 0 spiro atoms. The van der Waals surface area contributed by atoms with Crippen LogP contribution in [-0.2, 0) is 4.74 Å². The van der Waals surface area contributed by atoms with E-state index in [1.165, 1.54) is 31.3 Å². The number of carbonyl (C=O) groups excluding carboxylic acids is 1. The van der Waals surface area contributed by atoms with Gasteiger partial charge in [-0.2, -0.15) is 5.26 Å². The Hall–Kier alpha value is -2.52. The molecule has 0 saturated heterocycles. The van der Waals surface area contributed by atoms with Gasteiger partial charge >= 0.3 is 5.97 Å². The van der Waals surface area contributed by atoms with E-state index in [0.717, 1.165) is 10.7 Å². The van der Waals surface area contributed by atoms with E-state index in [0.29, 0.717) is 17.2 Å². The second-order valence-corrected chi connectivity index (χ2v) is 6.20. The lowest BCUT2D eigenvalue weighted by atomic mass is 10.2. The van der Waals surface area contributed by atoms with Gasteiger partial charge in [-0.3, -0.25) is 4.99 Å². The molecule has 0 bridgehead atoms. The quantitative estimate of drug-likeness (QED) is 0.618. The van der Waals surface area contributed by atoms with Crippen LogP contribution < -0.4 is 0 Å². The summed E-state index contributed by atoms with van der Waals surface area (Å²) in [5, 5.41) is 12.2. The van der Waals surface area contributed by atoms with E-state index >= 15 is 0 Å². The predicted octanol–water partition coefficient (Wildman–Crippen LogP) is 3.82. The summed E-state index contributed by atoms with van der Waals surface area (Å²) in [6.07, 6.45) is 3.99. The summed E-state index contributed by atoms with van der Waals surface area (Å²) in [7, 11) is 1.34. The van der Waals surface area contributed by atoms with Crippen LogP contribution in [0.5, 0.6) is 0 Å². The van der Waals surface area contributed by atoms with Crippen molar-refractivity contribution in [3.05, 3.63) is 45.9 Å². The zero-order valence-corrected chi connectivity index (χ0v) is 13.4. The summed E-state index contributed by atoms with van der Waals surface area (Å²) in [5.41, 5.74) is 2.25. The lowest BCUT2D eigenvalue weighted by Crippen LogP contribution is -2.00. The average molecular weight is 325 g/mol. The lowest BCUT2D eigenvalue weighted by Gasteiger charge is -2.00. The normalized spacial score (nSPS) is 15.3. The minimum atomic E-state index is -0.451. The third kappa shape index (κ3) is 3.63. The van der Waals surface area contributed by atoms with E-state index in [4.69, 9.17) is 0 Å². The number of benzene rings is 1. The van der Waals surface area contributed by atoms with E-state index in [2.05, 4.69) is 20.8 Å². The maximum Gasteiger partial charge on any atom is 0.337 e. The van der Waals surface area contributed by atoms with Crippen LogP contribution in [-0.4, -0.2) is 24.3 Å². The minimum Gasteiger partial charge on any atom is -0.465 e. The summed E-state index contributed by atoms with van der Waals surface area (Å²) >= 11 is 1.51. The van der Waals surface area contributed by atoms with Gasteiger partial charge in [0.15, 0.2) is 0 Å². The Morgan fingerprint density at radius 2 is 2.22 bits per heavy atom. The molecule has 1 aromatic heterocycles. The summed E-state index contributed by atoms with van der Waals surface area (Å²) < 4.78 is 4.65. The first-order valence-electron chi connectivity index (χ1n) is 7.28. The molecule has 116 valence electrons. The number of aromatic nitrogens is 1. The molecule has 1 heterocycles. The molecule has 1 aliphatic carbocycles. The van der Waals surface area contributed by atoms with Crippen LogP contribution in [0.25, 0.3) is 0 Å². The van der Waals surface area contributed by atoms with Gasteiger partial charge in [0.1, 0.15) is 10.9 Å². The highest BCUT2D eigenvalue weighted by molar-refractivity contribution is 7.09. The number of nitrogens with zero attached hydrogens (tertiary/aromatic N) is 3. The van der Waals surface area contributed by atoms with Crippen molar-refractivity contribution in [3.63, 3.8) is 0 Å². The van der Waals surface area contributed by atoms with E-state index in [1.54, 1.807) is 30.5 Å². The van der Waals surface area contributed by atoms with Gasteiger partial charge in [0, 0.05) is 17.5 Å². The molecule has 1 aromatic carbocycles. The van der Waals surface area contributed by atoms with Gasteiger partial charge in [0.2, 0.25) is 0 Å². The molecule has 23 heavy (non-hydrogen) atoms. The number of hydrogen-bond donors (Lipinski definition) is 0. The lowest BCUT2D eigenvalue weighted by molar-refractivity contribution is 0.0601. The Kier molecular flexibility index (Phi) is 4.49. The summed E-state index contributed by atoms with van der Waals surface area (Å²) in [6, 6.07) is 8.95. The van der Waals surface area contributed by atoms with Crippen LogP contribution in [0.1, 0.15) is 45.7 Å². The van der Waals surface area contributed by atoms with Crippen molar-refractivity contribution < 1.29 is 9.53 Å². The SMILES string of the molecule is COC(=O)c1ccc(N=CC(C#N)c2nc(C3CC3)cs2)cc1. The molecule has 5 nitrogen and oxygen atoms in total. The molecule has 0 aliphatic heterocycles. The van der Waals surface area contributed by atoms with Crippen LogP contribution in [0.4, 0.5) is 5.69 Å². The Balaban J connectivity index is 1.71. The zero-order valence-electron chi connectivity index (χ0n) is 12.6. The number of aliphatic imine (C=N–C) groups is 1. The van der Waals surface area contributed by atoms with E-state index in [-0.39, 0.29) is 5.97 Å². The standard InChI is InChI=1S/C17H15N3O2S/c1-22-17(21)12-4-6-14(7-5-12)19-9-13(8-18)16-20-15(10-23-16)11-2-3-11/h4-7,9-11,13H,2-3H2,1H3. The number of carbonyl (C=O) groups is 1. The molecule has 1 atom stereocenters. The van der Waals surface area contributed by atoms with Crippen LogP contribution in [0.15, 0.2) is 34.6 Å². The highest BCUT2D eigenvalue weighted by Crippen LogP contribution is 2.40. The number of hydrogen-bond acceptors (Lipinski definition) is 6. The first kappa shape index (κ1) is 15.4. The molecule has 1 saturated carbocycles. The molecule has 1 fully saturated rings. The van der Waals surface area contributed by atoms with Crippen molar-refractivity contribution in [2.45, 2.75) is 24.7 Å². The third-order valence-corrected chi connectivity index (χ3v) is 4.55. The van der Waals surface area contributed by atoms with Crippen LogP contribution in [0.2, 0.25) is 0 Å². The third-order valence-electron chi connectivity index (χ3n) is 3.60. The van der Waals surface area contributed by atoms with Crippen molar-refractivity contribution >= 4 is 29.2 Å². The van der Waals surface area contributed by atoms with E-state index < -0.39 is 5.92 Å². The Morgan fingerprint density at radius 3 is 2.83 bits per heavy atom. The van der Waals surface area contributed by atoms with Gasteiger partial charge in [-0.15, -0.1) is 11.3 Å². The summed E-state index contributed by atoms with van der Waals surface area (Å²) in [5.74, 6) is -0.249. The van der Waals surface area contributed by atoms with Crippen molar-refractivity contribution in [3.8, 4) is 6.07 Å². The van der Waals surface area contributed by atoms with Gasteiger partial charge in [0.05, 0.1) is 30.1 Å². The van der Waals surface area contributed by atoms with Gasteiger partial charge < -0.3 is 4.74 Å². The largest absolute Gasteiger partial charge is 0.465 e. The fourth-order valence-corrected chi connectivity index (χ4v) is 3.03. The zero-order chi connectivity index (χ0) is 16.2. The topological polar surface area (TPSA) is 75.3 Å². The molecule has 0 N–H and O–H groups in total. The number of esters is 1. The number of rotatable bonds is 5. The second-order valence-electron chi connectivity index (χ2n) is 5.31. The van der Waals surface area contributed by atoms with Crippen LogP contribution in [0.3, 0.4) is 0 Å². The van der Waals surface area contributed by atoms with Crippen LogP contribution >= 0.6 is 11.3 Å². The van der Waals surface area contributed by atoms with Gasteiger partial charge in [0.25, 0.3) is 0 Å². The Bertz CT molecular complexity index is 770. The van der Waals surface area contributed by atoms with Crippen molar-refractivity contribution in [1.29, 1.82) is 5.26 Å². The number of nitriles is 1. The molecule has 1 aliphatic rings. The van der Waals surface area contributed by atoms with Crippen LogP contribution in [0, 0.1) is 11.3 Å². The van der Waals surface area contributed by atoms with E-state index in [1.807, 2.05) is 5.38 Å². The minimum absolute atomic E-state index is 0.383. The maximum atomic E-state index is 11.4. The molecule has 0 amide bonds. The van der Waals surface area contributed by atoms with Crippen molar-refractivity contribution in [2.75, 3.05) is 7.11 Å². The fourth-order valence-electron chi connectivity index (χ4n) is 2.12. The number of ether oxygens (including phenoxy) is 1. The molecule has 0 radical (unpaired) electrons.